The smallest absolute Gasteiger partial charge is 0.303 e. The van der Waals surface area contributed by atoms with Gasteiger partial charge < -0.3 is 29.2 Å². The molecule has 0 bridgehead atoms. The number of aliphatic hydroxyl groups excluding tert-OH is 2. The fraction of sp³-hybridized carbons (Fsp3) is 0.529. The Morgan fingerprint density at radius 3 is 2.36 bits per heavy atom. The van der Waals surface area contributed by atoms with Gasteiger partial charge in [-0.05, 0) is 5.56 Å². The first-order chi connectivity index (χ1) is 11.9. The first-order valence-electron chi connectivity index (χ1n) is 7.86. The molecule has 5 atom stereocenters. The summed E-state index contributed by atoms with van der Waals surface area (Å²) in [5.41, 5.74) is 0.852. The van der Waals surface area contributed by atoms with Gasteiger partial charge in [-0.15, -0.1) is 0 Å². The first-order valence-corrected chi connectivity index (χ1v) is 7.86. The molecule has 0 aliphatic carbocycles. The summed E-state index contributed by atoms with van der Waals surface area (Å²) in [6.45, 7) is 2.27. The Morgan fingerprint density at radius 2 is 1.76 bits per heavy atom. The van der Waals surface area contributed by atoms with Crippen molar-refractivity contribution < 1.29 is 38.7 Å². The second-order valence-corrected chi connectivity index (χ2v) is 5.70. The molecule has 0 unspecified atom stereocenters. The lowest BCUT2D eigenvalue weighted by molar-refractivity contribution is -0.306. The SMILES string of the molecule is CC(=O)OC[C@@H]1O[C@@H](OCc2ccccc2)[C@@H](O)[C@H](OC(C)=O)[C@H]1O. The minimum absolute atomic E-state index is 0.145. The van der Waals surface area contributed by atoms with Gasteiger partial charge in [-0.1, -0.05) is 30.3 Å². The zero-order valence-electron chi connectivity index (χ0n) is 14.0. The van der Waals surface area contributed by atoms with Crippen molar-refractivity contribution in [3.05, 3.63) is 35.9 Å². The van der Waals surface area contributed by atoms with Crippen LogP contribution in [0, 0.1) is 0 Å². The highest BCUT2D eigenvalue weighted by Crippen LogP contribution is 2.25. The lowest BCUT2D eigenvalue weighted by Gasteiger charge is -2.41. The molecule has 8 heteroatoms. The Balaban J connectivity index is 2.07. The molecule has 2 N–H and O–H groups in total. The lowest BCUT2D eigenvalue weighted by Crippen LogP contribution is -2.60. The van der Waals surface area contributed by atoms with Gasteiger partial charge in [0.15, 0.2) is 12.4 Å². The van der Waals surface area contributed by atoms with Crippen LogP contribution in [0.2, 0.25) is 0 Å². The number of benzene rings is 1. The highest BCUT2D eigenvalue weighted by molar-refractivity contribution is 5.66. The zero-order chi connectivity index (χ0) is 18.4. The number of rotatable bonds is 6. The average molecular weight is 354 g/mol. The van der Waals surface area contributed by atoms with Crippen molar-refractivity contribution in [2.24, 2.45) is 0 Å². The van der Waals surface area contributed by atoms with Gasteiger partial charge in [-0.2, -0.15) is 0 Å². The van der Waals surface area contributed by atoms with Crippen LogP contribution < -0.4 is 0 Å². The van der Waals surface area contributed by atoms with E-state index in [1.807, 2.05) is 30.3 Å². The van der Waals surface area contributed by atoms with Crippen molar-refractivity contribution >= 4 is 11.9 Å². The largest absolute Gasteiger partial charge is 0.463 e. The summed E-state index contributed by atoms with van der Waals surface area (Å²) in [5.74, 6) is -1.22. The monoisotopic (exact) mass is 354 g/mol. The topological polar surface area (TPSA) is 112 Å². The summed E-state index contributed by atoms with van der Waals surface area (Å²) in [5, 5.41) is 20.6. The molecule has 1 aromatic rings. The highest BCUT2D eigenvalue weighted by Gasteiger charge is 2.47. The maximum Gasteiger partial charge on any atom is 0.303 e. The molecule has 0 aromatic heterocycles. The Hall–Kier alpha value is -2.00. The second kappa shape index (κ2) is 8.91. The maximum atomic E-state index is 11.3. The van der Waals surface area contributed by atoms with Crippen molar-refractivity contribution in [3.8, 4) is 0 Å². The number of esters is 2. The van der Waals surface area contributed by atoms with E-state index in [0.717, 1.165) is 12.5 Å². The van der Waals surface area contributed by atoms with E-state index in [9.17, 15) is 19.8 Å². The van der Waals surface area contributed by atoms with Gasteiger partial charge in [0.05, 0.1) is 6.61 Å². The molecule has 1 fully saturated rings. The molecule has 25 heavy (non-hydrogen) atoms. The van der Waals surface area contributed by atoms with Crippen LogP contribution in [0.25, 0.3) is 0 Å². The summed E-state index contributed by atoms with van der Waals surface area (Å²) >= 11 is 0. The number of carbonyl (C=O) groups excluding carboxylic acids is 2. The van der Waals surface area contributed by atoms with Gasteiger partial charge in [-0.25, -0.2) is 0 Å². The standard InChI is InChI=1S/C17H22O8/c1-10(18)22-9-13-14(20)16(24-11(2)19)15(21)17(25-13)23-8-12-6-4-3-5-7-12/h3-7,13-17,20-21H,8-9H2,1-2H3/t13-,14-,15-,16+,17+/m0/s1. The zero-order valence-corrected chi connectivity index (χ0v) is 14.0. The van der Waals surface area contributed by atoms with Crippen LogP contribution in [0.4, 0.5) is 0 Å². The van der Waals surface area contributed by atoms with E-state index in [4.69, 9.17) is 18.9 Å². The molecule has 0 radical (unpaired) electrons. The highest BCUT2D eigenvalue weighted by atomic mass is 16.7. The second-order valence-electron chi connectivity index (χ2n) is 5.70. The van der Waals surface area contributed by atoms with Crippen LogP contribution in [-0.4, -0.2) is 59.5 Å². The third-order valence-electron chi connectivity index (χ3n) is 3.65. The average Bonchev–Trinajstić information content (AvgIpc) is 2.57. The normalized spacial score (nSPS) is 29.0. The van der Waals surface area contributed by atoms with E-state index in [0.29, 0.717) is 0 Å². The van der Waals surface area contributed by atoms with Gasteiger partial charge in [0.1, 0.15) is 24.9 Å². The molecule has 0 saturated carbocycles. The number of hydrogen-bond donors (Lipinski definition) is 2. The van der Waals surface area contributed by atoms with Crippen LogP contribution in [0.1, 0.15) is 19.4 Å². The molecule has 0 amide bonds. The van der Waals surface area contributed by atoms with Crippen LogP contribution in [0.15, 0.2) is 30.3 Å². The van der Waals surface area contributed by atoms with Crippen LogP contribution in [0.3, 0.4) is 0 Å². The minimum Gasteiger partial charge on any atom is -0.463 e. The van der Waals surface area contributed by atoms with Crippen molar-refractivity contribution in [2.45, 2.75) is 51.2 Å². The quantitative estimate of drug-likeness (QED) is 0.694. The van der Waals surface area contributed by atoms with Crippen molar-refractivity contribution in [1.29, 1.82) is 0 Å². The molecule has 1 aliphatic heterocycles. The molecule has 1 saturated heterocycles. The Bertz CT molecular complexity index is 575. The number of aliphatic hydroxyl groups is 2. The molecule has 1 aliphatic rings. The molecule has 1 heterocycles. The third-order valence-corrected chi connectivity index (χ3v) is 3.65. The van der Waals surface area contributed by atoms with Crippen molar-refractivity contribution in [3.63, 3.8) is 0 Å². The predicted octanol–water partition coefficient (Wildman–Crippen LogP) is 0.145. The van der Waals surface area contributed by atoms with Crippen molar-refractivity contribution in [1.82, 2.24) is 0 Å². The van der Waals surface area contributed by atoms with E-state index in [2.05, 4.69) is 0 Å². The predicted molar refractivity (Wildman–Crippen MR) is 84.1 cm³/mol. The van der Waals surface area contributed by atoms with Crippen LogP contribution in [-0.2, 0) is 35.1 Å². The van der Waals surface area contributed by atoms with Gasteiger partial charge in [0.2, 0.25) is 0 Å². The minimum atomic E-state index is -1.39. The van der Waals surface area contributed by atoms with Crippen molar-refractivity contribution in [2.75, 3.05) is 6.61 Å². The fourth-order valence-corrected chi connectivity index (χ4v) is 2.46. The Morgan fingerprint density at radius 1 is 1.08 bits per heavy atom. The maximum absolute atomic E-state index is 11.3. The number of hydrogen-bond acceptors (Lipinski definition) is 8. The van der Waals surface area contributed by atoms with Gasteiger partial charge in [0, 0.05) is 13.8 Å². The Labute approximate surface area is 145 Å². The summed E-state index contributed by atoms with van der Waals surface area (Å²) in [7, 11) is 0. The molecular weight excluding hydrogens is 332 g/mol. The molecule has 2 rings (SSSR count). The molecule has 8 nitrogen and oxygen atoms in total. The van der Waals surface area contributed by atoms with E-state index >= 15 is 0 Å². The third kappa shape index (κ3) is 5.50. The van der Waals surface area contributed by atoms with E-state index in [-0.39, 0.29) is 13.2 Å². The number of carbonyl (C=O) groups is 2. The number of ether oxygens (including phenoxy) is 4. The summed E-state index contributed by atoms with van der Waals surface area (Å²) in [6.07, 6.45) is -6.18. The van der Waals surface area contributed by atoms with Gasteiger partial charge >= 0.3 is 11.9 Å². The van der Waals surface area contributed by atoms with Gasteiger partial charge in [-0.3, -0.25) is 9.59 Å². The lowest BCUT2D eigenvalue weighted by atomic mass is 9.99. The van der Waals surface area contributed by atoms with E-state index in [1.54, 1.807) is 0 Å². The fourth-order valence-electron chi connectivity index (χ4n) is 2.46. The van der Waals surface area contributed by atoms with Crippen LogP contribution >= 0.6 is 0 Å². The van der Waals surface area contributed by atoms with Crippen LogP contribution in [0.5, 0.6) is 0 Å². The van der Waals surface area contributed by atoms with Gasteiger partial charge in [0.25, 0.3) is 0 Å². The first kappa shape index (κ1) is 19.3. The molecule has 0 spiro atoms. The molecule has 138 valence electrons. The summed E-state index contributed by atoms with van der Waals surface area (Å²) in [4.78, 5) is 22.2. The molecular formula is C17H22O8. The summed E-state index contributed by atoms with van der Waals surface area (Å²) in [6, 6.07) is 9.21. The molecule has 1 aromatic carbocycles. The van der Waals surface area contributed by atoms with E-state index < -0.39 is 42.6 Å². The Kier molecular flexibility index (Phi) is 6.89. The summed E-state index contributed by atoms with van der Waals surface area (Å²) < 4.78 is 20.9. The van der Waals surface area contributed by atoms with E-state index in [1.165, 1.54) is 6.92 Å².